The largest absolute Gasteiger partial charge is 0.349 e. The number of nitrogens with zero attached hydrogens (tertiary/aromatic N) is 4. The van der Waals surface area contributed by atoms with Crippen LogP contribution in [0.1, 0.15) is 35.9 Å². The van der Waals surface area contributed by atoms with E-state index in [9.17, 15) is 9.59 Å². The van der Waals surface area contributed by atoms with Gasteiger partial charge in [0, 0.05) is 39.0 Å². The molecule has 35 heavy (non-hydrogen) atoms. The SMILES string of the molecule is CC(=O)Nc1nc(CCc2ccc(N=CNN)cc2)c(CN2CCC[C@@H](C(=O)N(C)C)C2)s1.Cl.Cl. The minimum Gasteiger partial charge on any atom is -0.349 e. The summed E-state index contributed by atoms with van der Waals surface area (Å²) in [7, 11) is 3.63. The van der Waals surface area contributed by atoms with E-state index in [1.807, 2.05) is 38.4 Å². The Kier molecular flexibility index (Phi) is 13.2. The van der Waals surface area contributed by atoms with Gasteiger partial charge in [-0.3, -0.25) is 14.5 Å². The second kappa shape index (κ2) is 15.0. The Hall–Kier alpha value is -2.24. The summed E-state index contributed by atoms with van der Waals surface area (Å²) in [6.07, 6.45) is 4.98. The van der Waals surface area contributed by atoms with Crippen LogP contribution in [0.5, 0.6) is 0 Å². The number of benzene rings is 1. The van der Waals surface area contributed by atoms with Crippen LogP contribution in [0.4, 0.5) is 10.8 Å². The zero-order valence-electron chi connectivity index (χ0n) is 20.3. The van der Waals surface area contributed by atoms with Gasteiger partial charge in [-0.1, -0.05) is 12.1 Å². The molecule has 1 atom stereocenters. The average Bonchev–Trinajstić information content (AvgIpc) is 3.16. The van der Waals surface area contributed by atoms with Crippen LogP contribution >= 0.6 is 36.2 Å². The Balaban J connectivity index is 0.00000306. The van der Waals surface area contributed by atoms with Crippen molar-refractivity contribution in [3.05, 3.63) is 40.4 Å². The van der Waals surface area contributed by atoms with E-state index in [4.69, 9.17) is 10.8 Å². The lowest BCUT2D eigenvalue weighted by Crippen LogP contribution is -2.42. The first-order valence-corrected chi connectivity index (χ1v) is 11.9. The maximum atomic E-state index is 12.5. The quantitative estimate of drug-likeness (QED) is 0.193. The van der Waals surface area contributed by atoms with Crippen molar-refractivity contribution in [3.8, 4) is 0 Å². The van der Waals surface area contributed by atoms with Crippen LogP contribution in [0.3, 0.4) is 0 Å². The zero-order valence-corrected chi connectivity index (χ0v) is 22.8. The first kappa shape index (κ1) is 30.8. The molecule has 1 aromatic heterocycles. The molecule has 194 valence electrons. The fourth-order valence-corrected chi connectivity index (χ4v) is 5.10. The number of likely N-dealkylation sites (tertiary alicyclic amines) is 1. The molecule has 2 heterocycles. The highest BCUT2D eigenvalue weighted by Gasteiger charge is 2.27. The number of carbonyl (C=O) groups is 2. The molecule has 2 amide bonds. The molecule has 3 rings (SSSR count). The third-order valence-electron chi connectivity index (χ3n) is 5.60. The van der Waals surface area contributed by atoms with Gasteiger partial charge in [0.05, 0.1) is 17.3 Å². The third kappa shape index (κ3) is 9.38. The number of piperidine rings is 1. The van der Waals surface area contributed by atoms with E-state index in [0.29, 0.717) is 5.13 Å². The predicted molar refractivity (Wildman–Crippen MR) is 147 cm³/mol. The lowest BCUT2D eigenvalue weighted by molar-refractivity contribution is -0.134. The maximum Gasteiger partial charge on any atom is 0.226 e. The minimum atomic E-state index is -0.125. The van der Waals surface area contributed by atoms with Gasteiger partial charge in [0.15, 0.2) is 5.13 Å². The average molecular weight is 545 g/mol. The van der Waals surface area contributed by atoms with Crippen LogP contribution in [0.2, 0.25) is 0 Å². The van der Waals surface area contributed by atoms with Gasteiger partial charge in [-0.05, 0) is 49.9 Å². The van der Waals surface area contributed by atoms with Crippen LogP contribution in [0, 0.1) is 5.92 Å². The summed E-state index contributed by atoms with van der Waals surface area (Å²) in [6, 6.07) is 7.99. The van der Waals surface area contributed by atoms with Crippen molar-refractivity contribution >= 4 is 65.1 Å². The summed E-state index contributed by atoms with van der Waals surface area (Å²) >= 11 is 1.53. The first-order chi connectivity index (χ1) is 15.9. The van der Waals surface area contributed by atoms with Gasteiger partial charge >= 0.3 is 0 Å². The van der Waals surface area contributed by atoms with Crippen LogP contribution in [0.25, 0.3) is 0 Å². The molecular formula is C23H35Cl2N7O2S. The normalized spacial score (nSPS) is 15.7. The summed E-state index contributed by atoms with van der Waals surface area (Å²) < 4.78 is 0. The Labute approximate surface area is 223 Å². The van der Waals surface area contributed by atoms with Crippen LogP contribution in [-0.2, 0) is 29.0 Å². The van der Waals surface area contributed by atoms with Crippen LogP contribution in [0.15, 0.2) is 29.3 Å². The van der Waals surface area contributed by atoms with Crippen molar-refractivity contribution < 1.29 is 9.59 Å². The summed E-state index contributed by atoms with van der Waals surface area (Å²) in [4.78, 5) is 38.1. The number of carbonyl (C=O) groups excluding carboxylic acids is 2. The standard InChI is InChI=1S/C23H33N7O2S.2ClH/c1-16(31)27-23-28-20(11-8-17-6-9-19(10-7-17)25-15-26-24)21(33-23)14-30-12-4-5-18(13-30)22(32)29(2)3;;/h6-7,9-10,15,18H,4-5,8,11-14,24H2,1-3H3,(H,25,26)(H,27,28,31);2*1H/t18-;;/m1../s1. The zero-order chi connectivity index (χ0) is 23.8. The molecule has 1 aromatic carbocycles. The number of hydrogen-bond acceptors (Lipinski definition) is 7. The number of aryl methyl sites for hydroxylation is 2. The Morgan fingerprint density at radius 2 is 1.97 bits per heavy atom. The summed E-state index contributed by atoms with van der Waals surface area (Å²) in [5.74, 6) is 5.32. The third-order valence-corrected chi connectivity index (χ3v) is 6.60. The number of nitrogens with one attached hydrogen (secondary N) is 2. The second-order valence-electron chi connectivity index (χ2n) is 8.47. The molecule has 2 aromatic rings. The number of thiazole rings is 1. The van der Waals surface area contributed by atoms with E-state index in [1.54, 1.807) is 4.90 Å². The summed E-state index contributed by atoms with van der Waals surface area (Å²) in [5, 5.41) is 3.46. The maximum absolute atomic E-state index is 12.5. The fourth-order valence-electron chi connectivity index (χ4n) is 4.00. The topological polar surface area (TPSA) is 116 Å². The molecule has 0 radical (unpaired) electrons. The first-order valence-electron chi connectivity index (χ1n) is 11.1. The van der Waals surface area contributed by atoms with Crippen molar-refractivity contribution in [2.24, 2.45) is 16.8 Å². The van der Waals surface area contributed by atoms with E-state index in [0.717, 1.165) is 61.6 Å². The monoisotopic (exact) mass is 543 g/mol. The lowest BCUT2D eigenvalue weighted by Gasteiger charge is -2.33. The molecule has 1 saturated heterocycles. The molecular weight excluding hydrogens is 509 g/mol. The molecule has 12 heteroatoms. The molecule has 1 aliphatic rings. The number of nitrogens with two attached hydrogens (primary N) is 1. The number of rotatable bonds is 9. The Bertz CT molecular complexity index is 983. The second-order valence-corrected chi connectivity index (χ2v) is 9.55. The molecule has 0 spiro atoms. The van der Waals surface area contributed by atoms with Crippen molar-refractivity contribution in [1.82, 2.24) is 20.2 Å². The van der Waals surface area contributed by atoms with Gasteiger partial charge in [0.1, 0.15) is 6.34 Å². The number of aliphatic imine (C=N–C) groups is 1. The van der Waals surface area contributed by atoms with E-state index in [2.05, 4.69) is 20.6 Å². The highest BCUT2D eigenvalue weighted by Crippen LogP contribution is 2.28. The van der Waals surface area contributed by atoms with Gasteiger partial charge in [0.2, 0.25) is 11.8 Å². The van der Waals surface area contributed by atoms with E-state index < -0.39 is 0 Å². The Morgan fingerprint density at radius 1 is 1.26 bits per heavy atom. The number of aromatic nitrogens is 1. The lowest BCUT2D eigenvalue weighted by atomic mass is 9.96. The molecule has 9 nitrogen and oxygen atoms in total. The van der Waals surface area contributed by atoms with Gasteiger partial charge in [0.25, 0.3) is 0 Å². The fraction of sp³-hybridized carbons (Fsp3) is 0.478. The minimum absolute atomic E-state index is 0. The van der Waals surface area contributed by atoms with Crippen molar-refractivity contribution in [3.63, 3.8) is 0 Å². The van der Waals surface area contributed by atoms with Crippen molar-refractivity contribution in [2.45, 2.75) is 39.2 Å². The number of halogens is 2. The van der Waals surface area contributed by atoms with Crippen LogP contribution < -0.4 is 16.6 Å². The molecule has 0 aliphatic carbocycles. The number of amides is 2. The molecule has 0 saturated carbocycles. The predicted octanol–water partition coefficient (Wildman–Crippen LogP) is 3.15. The van der Waals surface area contributed by atoms with Crippen LogP contribution in [-0.4, -0.2) is 60.1 Å². The Morgan fingerprint density at radius 3 is 2.60 bits per heavy atom. The highest BCUT2D eigenvalue weighted by molar-refractivity contribution is 7.15. The van der Waals surface area contributed by atoms with E-state index in [-0.39, 0.29) is 42.5 Å². The molecule has 4 N–H and O–H groups in total. The smallest absolute Gasteiger partial charge is 0.226 e. The number of anilines is 1. The highest BCUT2D eigenvalue weighted by atomic mass is 35.5. The van der Waals surface area contributed by atoms with Crippen molar-refractivity contribution in [1.29, 1.82) is 0 Å². The van der Waals surface area contributed by atoms with Gasteiger partial charge in [-0.15, -0.1) is 36.2 Å². The van der Waals surface area contributed by atoms with Gasteiger partial charge in [-0.2, -0.15) is 0 Å². The number of hydrazine groups is 1. The molecule has 0 unspecified atom stereocenters. The summed E-state index contributed by atoms with van der Waals surface area (Å²) in [6.45, 7) is 3.95. The van der Waals surface area contributed by atoms with E-state index >= 15 is 0 Å². The molecule has 1 fully saturated rings. The summed E-state index contributed by atoms with van der Waals surface area (Å²) in [5.41, 5.74) is 5.40. The van der Waals surface area contributed by atoms with E-state index in [1.165, 1.54) is 30.2 Å². The molecule has 1 aliphatic heterocycles. The van der Waals surface area contributed by atoms with Gasteiger partial charge < -0.3 is 15.6 Å². The molecule has 0 bridgehead atoms. The number of hydrogen-bond donors (Lipinski definition) is 3. The van der Waals surface area contributed by atoms with Gasteiger partial charge in [-0.25, -0.2) is 15.8 Å². The van der Waals surface area contributed by atoms with Crippen molar-refractivity contribution in [2.75, 3.05) is 32.5 Å².